The number of ether oxygens (including phenoxy) is 3. The van der Waals surface area contributed by atoms with Crippen LogP contribution < -0.4 is 14.6 Å². The van der Waals surface area contributed by atoms with Crippen LogP contribution in [0.15, 0.2) is 45.8 Å². The lowest BCUT2D eigenvalue weighted by Crippen LogP contribution is -2.17. The average molecular weight is 458 g/mol. The van der Waals surface area contributed by atoms with E-state index in [0.29, 0.717) is 15.8 Å². The van der Waals surface area contributed by atoms with Crippen LogP contribution >= 0.6 is 15.9 Å². The number of benzene rings is 2. The molecular formula is C17H16BrNO7S. The topological polar surface area (TPSA) is 122 Å². The third kappa shape index (κ3) is 5.06. The molecule has 0 heterocycles. The van der Waals surface area contributed by atoms with Gasteiger partial charge in [-0.25, -0.2) is 18.4 Å². The molecule has 8 nitrogen and oxygen atoms in total. The maximum atomic E-state index is 12.3. The van der Waals surface area contributed by atoms with Crippen LogP contribution in [0.5, 0.6) is 11.5 Å². The molecule has 27 heavy (non-hydrogen) atoms. The van der Waals surface area contributed by atoms with E-state index in [9.17, 15) is 18.0 Å². The number of rotatable bonds is 7. The molecular weight excluding hydrogens is 442 g/mol. The lowest BCUT2D eigenvalue weighted by molar-refractivity contribution is 0.0471. The molecule has 2 rings (SSSR count). The minimum absolute atomic E-state index is 0.0899. The molecule has 0 bridgehead atoms. The number of methoxy groups -OCH3 is 2. The van der Waals surface area contributed by atoms with Gasteiger partial charge in [0.15, 0.2) is 12.4 Å². The Morgan fingerprint density at radius 2 is 1.67 bits per heavy atom. The SMILES string of the molecule is COc1ccc(C(=O)COC(=O)c2cc(S(N)(=O)=O)ccc2OC)cc1Br. The fourth-order valence-electron chi connectivity index (χ4n) is 2.16. The molecule has 0 aliphatic heterocycles. The molecule has 2 aromatic carbocycles. The zero-order chi connectivity index (χ0) is 20.2. The van der Waals surface area contributed by atoms with Gasteiger partial charge in [-0.3, -0.25) is 4.79 Å². The van der Waals surface area contributed by atoms with Crippen molar-refractivity contribution >= 4 is 37.7 Å². The third-order valence-electron chi connectivity index (χ3n) is 3.53. The highest BCUT2D eigenvalue weighted by molar-refractivity contribution is 9.10. The summed E-state index contributed by atoms with van der Waals surface area (Å²) in [6.07, 6.45) is 0. The lowest BCUT2D eigenvalue weighted by atomic mass is 10.1. The van der Waals surface area contributed by atoms with E-state index in [-0.39, 0.29) is 16.2 Å². The summed E-state index contributed by atoms with van der Waals surface area (Å²) in [5, 5.41) is 5.06. The van der Waals surface area contributed by atoms with Crippen molar-refractivity contribution in [2.75, 3.05) is 20.8 Å². The van der Waals surface area contributed by atoms with Crippen LogP contribution in [0.25, 0.3) is 0 Å². The van der Waals surface area contributed by atoms with Crippen molar-refractivity contribution in [1.29, 1.82) is 0 Å². The first kappa shape index (κ1) is 20.9. The van der Waals surface area contributed by atoms with Crippen molar-refractivity contribution in [2.24, 2.45) is 5.14 Å². The number of Topliss-reactive ketones (excluding diaryl/α,β-unsaturated/α-hetero) is 1. The maximum absolute atomic E-state index is 12.3. The van der Waals surface area contributed by atoms with Gasteiger partial charge in [-0.15, -0.1) is 0 Å². The first-order valence-electron chi connectivity index (χ1n) is 7.42. The molecule has 0 aliphatic carbocycles. The van der Waals surface area contributed by atoms with Crippen molar-refractivity contribution in [1.82, 2.24) is 0 Å². The number of sulfonamides is 1. The molecule has 0 saturated carbocycles. The normalized spacial score (nSPS) is 11.0. The fourth-order valence-corrected chi connectivity index (χ4v) is 3.24. The van der Waals surface area contributed by atoms with Gasteiger partial charge in [0.25, 0.3) is 0 Å². The van der Waals surface area contributed by atoms with Gasteiger partial charge in [0.2, 0.25) is 10.0 Å². The molecule has 0 fully saturated rings. The number of esters is 1. The van der Waals surface area contributed by atoms with Crippen molar-refractivity contribution in [3.05, 3.63) is 52.0 Å². The van der Waals surface area contributed by atoms with Gasteiger partial charge in [-0.1, -0.05) is 0 Å². The van der Waals surface area contributed by atoms with Gasteiger partial charge in [0.05, 0.1) is 23.6 Å². The van der Waals surface area contributed by atoms with E-state index in [2.05, 4.69) is 15.9 Å². The monoisotopic (exact) mass is 457 g/mol. The number of halogens is 1. The summed E-state index contributed by atoms with van der Waals surface area (Å²) in [4.78, 5) is 24.2. The minimum atomic E-state index is -4.02. The Morgan fingerprint density at radius 3 is 2.22 bits per heavy atom. The highest BCUT2D eigenvalue weighted by Gasteiger charge is 2.20. The number of nitrogens with two attached hydrogens (primary N) is 1. The van der Waals surface area contributed by atoms with Gasteiger partial charge in [0.1, 0.15) is 17.1 Å². The molecule has 10 heteroatoms. The molecule has 0 aromatic heterocycles. The van der Waals surface area contributed by atoms with E-state index in [1.165, 1.54) is 38.5 Å². The second-order valence-electron chi connectivity index (χ2n) is 5.26. The zero-order valence-electron chi connectivity index (χ0n) is 14.4. The number of hydrogen-bond donors (Lipinski definition) is 1. The lowest BCUT2D eigenvalue weighted by Gasteiger charge is -2.10. The number of carbonyl (C=O) groups excluding carboxylic acids is 2. The molecule has 0 atom stereocenters. The molecule has 0 radical (unpaired) electrons. The molecule has 0 saturated heterocycles. The molecule has 0 unspecified atom stereocenters. The van der Waals surface area contributed by atoms with Gasteiger partial charge >= 0.3 is 5.97 Å². The predicted molar refractivity (Wildman–Crippen MR) is 99.7 cm³/mol. The summed E-state index contributed by atoms with van der Waals surface area (Å²) in [6, 6.07) is 8.17. The van der Waals surface area contributed by atoms with E-state index in [4.69, 9.17) is 19.3 Å². The standard InChI is InChI=1S/C17H16BrNO7S/c1-24-15-6-4-11(27(19,22)23)8-12(15)17(21)26-9-14(20)10-3-5-16(25-2)13(18)7-10/h3-8H,9H2,1-2H3,(H2,19,22,23). The van der Waals surface area contributed by atoms with Crippen LogP contribution in [-0.2, 0) is 14.8 Å². The van der Waals surface area contributed by atoms with Crippen molar-refractivity contribution in [2.45, 2.75) is 4.90 Å². The van der Waals surface area contributed by atoms with E-state index >= 15 is 0 Å². The van der Waals surface area contributed by atoms with Gasteiger partial charge < -0.3 is 14.2 Å². The zero-order valence-corrected chi connectivity index (χ0v) is 16.8. The summed E-state index contributed by atoms with van der Waals surface area (Å²) in [5.74, 6) is -0.730. The molecule has 144 valence electrons. The first-order chi connectivity index (χ1) is 12.7. The second kappa shape index (κ2) is 8.51. The van der Waals surface area contributed by atoms with Gasteiger partial charge in [-0.05, 0) is 52.3 Å². The van der Waals surface area contributed by atoms with Gasteiger partial charge in [0, 0.05) is 5.56 Å². The van der Waals surface area contributed by atoms with Crippen molar-refractivity contribution in [3.8, 4) is 11.5 Å². The average Bonchev–Trinajstić information content (AvgIpc) is 2.64. The van der Waals surface area contributed by atoms with E-state index < -0.39 is 28.4 Å². The van der Waals surface area contributed by atoms with E-state index in [1.807, 2.05) is 0 Å². The quantitative estimate of drug-likeness (QED) is 0.498. The van der Waals surface area contributed by atoms with E-state index in [1.54, 1.807) is 6.07 Å². The number of hydrogen-bond acceptors (Lipinski definition) is 7. The minimum Gasteiger partial charge on any atom is -0.496 e. The van der Waals surface area contributed by atoms with Crippen LogP contribution in [0.4, 0.5) is 0 Å². The molecule has 0 aliphatic rings. The Labute approximate surface area is 164 Å². The van der Waals surface area contributed by atoms with Crippen LogP contribution in [0.1, 0.15) is 20.7 Å². The third-order valence-corrected chi connectivity index (χ3v) is 5.06. The Balaban J connectivity index is 2.17. The molecule has 0 spiro atoms. The highest BCUT2D eigenvalue weighted by atomic mass is 79.9. The van der Waals surface area contributed by atoms with Crippen LogP contribution in [0.2, 0.25) is 0 Å². The molecule has 0 amide bonds. The Bertz CT molecular complexity index is 989. The number of ketones is 1. The van der Waals surface area contributed by atoms with Crippen molar-refractivity contribution < 1.29 is 32.2 Å². The summed E-state index contributed by atoms with van der Waals surface area (Å²) in [6.45, 7) is -0.541. The van der Waals surface area contributed by atoms with E-state index in [0.717, 1.165) is 6.07 Å². The number of primary sulfonamides is 1. The molecule has 2 N–H and O–H groups in total. The first-order valence-corrected chi connectivity index (χ1v) is 9.76. The summed E-state index contributed by atoms with van der Waals surface area (Å²) >= 11 is 3.27. The number of carbonyl (C=O) groups is 2. The fraction of sp³-hybridized carbons (Fsp3) is 0.176. The Hall–Kier alpha value is -2.43. The summed E-state index contributed by atoms with van der Waals surface area (Å²) in [5.41, 5.74) is 0.147. The van der Waals surface area contributed by atoms with Crippen LogP contribution in [-0.4, -0.2) is 41.0 Å². The largest absolute Gasteiger partial charge is 0.496 e. The van der Waals surface area contributed by atoms with Crippen LogP contribution in [0.3, 0.4) is 0 Å². The highest BCUT2D eigenvalue weighted by Crippen LogP contribution is 2.26. The van der Waals surface area contributed by atoms with Gasteiger partial charge in [-0.2, -0.15) is 0 Å². The molecule has 2 aromatic rings. The van der Waals surface area contributed by atoms with Crippen LogP contribution in [0, 0.1) is 0 Å². The Morgan fingerprint density at radius 1 is 1.04 bits per heavy atom. The van der Waals surface area contributed by atoms with Crippen molar-refractivity contribution in [3.63, 3.8) is 0 Å². The smallest absolute Gasteiger partial charge is 0.342 e. The summed E-state index contributed by atoms with van der Waals surface area (Å²) in [7, 11) is -1.22. The summed E-state index contributed by atoms with van der Waals surface area (Å²) < 4.78 is 38.6. The Kier molecular flexibility index (Phi) is 6.58. The maximum Gasteiger partial charge on any atom is 0.342 e. The second-order valence-corrected chi connectivity index (χ2v) is 7.67. The predicted octanol–water partition coefficient (Wildman–Crippen LogP) is 2.15.